The van der Waals surface area contributed by atoms with Crippen LogP contribution < -0.4 is 5.32 Å². The summed E-state index contributed by atoms with van der Waals surface area (Å²) in [5.41, 5.74) is -0.752. The van der Waals surface area contributed by atoms with Crippen molar-refractivity contribution in [3.63, 3.8) is 0 Å². The molecule has 2 heterocycles. The van der Waals surface area contributed by atoms with Crippen molar-refractivity contribution in [2.75, 3.05) is 25.2 Å². The summed E-state index contributed by atoms with van der Waals surface area (Å²) in [5.74, 6) is 0.273. The van der Waals surface area contributed by atoms with Gasteiger partial charge in [0.1, 0.15) is 5.54 Å². The van der Waals surface area contributed by atoms with Gasteiger partial charge in [-0.25, -0.2) is 18.1 Å². The van der Waals surface area contributed by atoms with Gasteiger partial charge in [-0.05, 0) is 32.2 Å². The van der Waals surface area contributed by atoms with Gasteiger partial charge in [-0.2, -0.15) is 0 Å². The lowest BCUT2D eigenvalue weighted by Gasteiger charge is -2.37. The van der Waals surface area contributed by atoms with E-state index < -0.39 is 15.4 Å². The SMILES string of the molecule is CC1CCCCC12NC(=O)N(CN(C)C1CCS(=O)(=O)C1)C2=O. The Kier molecular flexibility index (Phi) is 4.16. The molecule has 3 atom stereocenters. The maximum Gasteiger partial charge on any atom is 0.326 e. The summed E-state index contributed by atoms with van der Waals surface area (Å²) in [4.78, 5) is 28.3. The zero-order valence-corrected chi connectivity index (χ0v) is 14.6. The first kappa shape index (κ1) is 16.7. The first-order valence-electron chi connectivity index (χ1n) is 8.30. The Balaban J connectivity index is 1.71. The Labute approximate surface area is 137 Å². The Hall–Kier alpha value is -1.15. The molecule has 8 heteroatoms. The standard InChI is InChI=1S/C15H25N3O4S/c1-11-5-3-4-7-15(11)13(19)18(14(20)16-15)10-17(2)12-6-8-23(21,22)9-12/h11-12H,3-10H2,1-2H3,(H,16,20). The zero-order chi connectivity index (χ0) is 16.8. The molecule has 2 saturated heterocycles. The van der Waals surface area contributed by atoms with E-state index in [4.69, 9.17) is 0 Å². The highest BCUT2D eigenvalue weighted by Gasteiger charge is 2.55. The molecular weight excluding hydrogens is 318 g/mol. The summed E-state index contributed by atoms with van der Waals surface area (Å²) in [5, 5.41) is 2.92. The minimum absolute atomic E-state index is 0.106. The lowest BCUT2D eigenvalue weighted by atomic mass is 9.73. The van der Waals surface area contributed by atoms with Crippen molar-refractivity contribution in [3.8, 4) is 0 Å². The summed E-state index contributed by atoms with van der Waals surface area (Å²) in [6.07, 6.45) is 4.23. The van der Waals surface area contributed by atoms with Crippen LogP contribution in [-0.2, 0) is 14.6 Å². The number of nitrogens with one attached hydrogen (secondary N) is 1. The third kappa shape index (κ3) is 2.87. The molecule has 3 unspecified atom stereocenters. The number of amides is 3. The maximum absolute atomic E-state index is 12.9. The van der Waals surface area contributed by atoms with Gasteiger partial charge in [0.2, 0.25) is 0 Å². The Morgan fingerprint density at radius 2 is 2.04 bits per heavy atom. The second-order valence-corrected chi connectivity index (χ2v) is 9.47. The predicted molar refractivity (Wildman–Crippen MR) is 85.4 cm³/mol. The Bertz CT molecular complexity index is 620. The molecule has 23 heavy (non-hydrogen) atoms. The number of nitrogens with zero attached hydrogens (tertiary/aromatic N) is 2. The lowest BCUT2D eigenvalue weighted by molar-refractivity contribution is -0.135. The van der Waals surface area contributed by atoms with Crippen molar-refractivity contribution in [1.82, 2.24) is 15.1 Å². The number of sulfone groups is 1. The summed E-state index contributed by atoms with van der Waals surface area (Å²) in [7, 11) is -1.20. The largest absolute Gasteiger partial charge is 0.326 e. The van der Waals surface area contributed by atoms with E-state index in [9.17, 15) is 18.0 Å². The van der Waals surface area contributed by atoms with E-state index in [2.05, 4.69) is 5.32 Å². The Morgan fingerprint density at radius 3 is 2.65 bits per heavy atom. The number of urea groups is 1. The molecular formula is C15H25N3O4S. The van der Waals surface area contributed by atoms with Crippen LogP contribution in [0.3, 0.4) is 0 Å². The number of carbonyl (C=O) groups excluding carboxylic acids is 2. The average molecular weight is 343 g/mol. The first-order chi connectivity index (χ1) is 10.8. The molecule has 3 rings (SSSR count). The van der Waals surface area contributed by atoms with Crippen molar-refractivity contribution in [2.45, 2.75) is 50.6 Å². The fourth-order valence-electron chi connectivity index (χ4n) is 4.09. The minimum Gasteiger partial charge on any atom is -0.323 e. The topological polar surface area (TPSA) is 86.8 Å². The smallest absolute Gasteiger partial charge is 0.323 e. The molecule has 3 fully saturated rings. The summed E-state index contributed by atoms with van der Waals surface area (Å²) in [6.45, 7) is 2.17. The number of rotatable bonds is 3. The quantitative estimate of drug-likeness (QED) is 0.757. The molecule has 1 aliphatic carbocycles. The second-order valence-electron chi connectivity index (χ2n) is 7.24. The first-order valence-corrected chi connectivity index (χ1v) is 10.1. The molecule has 0 bridgehead atoms. The van der Waals surface area contributed by atoms with Crippen LogP contribution in [0.5, 0.6) is 0 Å². The number of imide groups is 1. The second kappa shape index (κ2) is 5.73. The van der Waals surface area contributed by atoms with Crippen LogP contribution in [0.15, 0.2) is 0 Å². The third-order valence-electron chi connectivity index (χ3n) is 5.70. The predicted octanol–water partition coefficient (Wildman–Crippen LogP) is 0.564. The van der Waals surface area contributed by atoms with E-state index in [-0.39, 0.29) is 42.1 Å². The number of carbonyl (C=O) groups is 2. The summed E-state index contributed by atoms with van der Waals surface area (Å²) >= 11 is 0. The van der Waals surface area contributed by atoms with Gasteiger partial charge in [0.05, 0.1) is 18.2 Å². The minimum atomic E-state index is -2.98. The molecule has 7 nitrogen and oxygen atoms in total. The van der Waals surface area contributed by atoms with Crippen LogP contribution >= 0.6 is 0 Å². The van der Waals surface area contributed by atoms with E-state index in [1.807, 2.05) is 11.8 Å². The molecule has 0 aromatic carbocycles. The van der Waals surface area contributed by atoms with Crippen molar-refractivity contribution >= 4 is 21.8 Å². The number of hydrogen-bond donors (Lipinski definition) is 1. The van der Waals surface area contributed by atoms with Crippen molar-refractivity contribution in [2.24, 2.45) is 5.92 Å². The van der Waals surface area contributed by atoms with Gasteiger partial charge in [-0.3, -0.25) is 9.69 Å². The van der Waals surface area contributed by atoms with Crippen LogP contribution in [-0.4, -0.2) is 67.0 Å². The lowest BCUT2D eigenvalue weighted by Crippen LogP contribution is -2.54. The third-order valence-corrected chi connectivity index (χ3v) is 7.45. The van der Waals surface area contributed by atoms with Crippen LogP contribution in [0.1, 0.15) is 39.0 Å². The molecule has 130 valence electrons. The van der Waals surface area contributed by atoms with Crippen LogP contribution in [0.25, 0.3) is 0 Å². The van der Waals surface area contributed by atoms with E-state index >= 15 is 0 Å². The van der Waals surface area contributed by atoms with Crippen molar-refractivity contribution in [1.29, 1.82) is 0 Å². The van der Waals surface area contributed by atoms with Gasteiger partial charge in [-0.15, -0.1) is 0 Å². The molecule has 3 amide bonds. The molecule has 1 spiro atoms. The van der Waals surface area contributed by atoms with Gasteiger partial charge in [0.15, 0.2) is 9.84 Å². The van der Waals surface area contributed by atoms with Crippen molar-refractivity contribution in [3.05, 3.63) is 0 Å². The van der Waals surface area contributed by atoms with Crippen LogP contribution in [0, 0.1) is 5.92 Å². The van der Waals surface area contributed by atoms with Gasteiger partial charge < -0.3 is 5.32 Å². The highest BCUT2D eigenvalue weighted by Crippen LogP contribution is 2.38. The van der Waals surface area contributed by atoms with E-state index in [0.717, 1.165) is 19.3 Å². The molecule has 1 N–H and O–H groups in total. The van der Waals surface area contributed by atoms with E-state index in [0.29, 0.717) is 12.8 Å². The van der Waals surface area contributed by atoms with Gasteiger partial charge >= 0.3 is 6.03 Å². The van der Waals surface area contributed by atoms with Gasteiger partial charge in [-0.1, -0.05) is 19.8 Å². The molecule has 0 aromatic rings. The van der Waals surface area contributed by atoms with Crippen molar-refractivity contribution < 1.29 is 18.0 Å². The molecule has 0 radical (unpaired) electrons. The fraction of sp³-hybridized carbons (Fsp3) is 0.867. The van der Waals surface area contributed by atoms with Crippen LogP contribution in [0.2, 0.25) is 0 Å². The van der Waals surface area contributed by atoms with E-state index in [1.165, 1.54) is 4.90 Å². The molecule has 0 aromatic heterocycles. The average Bonchev–Trinajstić information content (AvgIpc) is 2.96. The van der Waals surface area contributed by atoms with Gasteiger partial charge in [0, 0.05) is 6.04 Å². The molecule has 3 aliphatic rings. The number of hydrogen-bond acceptors (Lipinski definition) is 5. The van der Waals surface area contributed by atoms with Gasteiger partial charge in [0.25, 0.3) is 5.91 Å². The summed E-state index contributed by atoms with van der Waals surface area (Å²) in [6, 6.07) is -0.475. The Morgan fingerprint density at radius 1 is 1.30 bits per heavy atom. The normalized spacial score (nSPS) is 36.9. The highest BCUT2D eigenvalue weighted by molar-refractivity contribution is 7.91. The van der Waals surface area contributed by atoms with Crippen LogP contribution in [0.4, 0.5) is 4.79 Å². The fourth-order valence-corrected chi connectivity index (χ4v) is 5.89. The molecule has 2 aliphatic heterocycles. The zero-order valence-electron chi connectivity index (χ0n) is 13.7. The monoisotopic (exact) mass is 343 g/mol. The molecule has 1 saturated carbocycles. The summed E-state index contributed by atoms with van der Waals surface area (Å²) < 4.78 is 23.2. The highest BCUT2D eigenvalue weighted by atomic mass is 32.2. The van der Waals surface area contributed by atoms with E-state index in [1.54, 1.807) is 7.05 Å². The maximum atomic E-state index is 12.9.